The van der Waals surface area contributed by atoms with E-state index < -0.39 is 0 Å². The van der Waals surface area contributed by atoms with Gasteiger partial charge >= 0.3 is 0 Å². The van der Waals surface area contributed by atoms with Crippen LogP contribution in [0.15, 0.2) is 18.3 Å². The Morgan fingerprint density at radius 2 is 2.21 bits per heavy atom. The van der Waals surface area contributed by atoms with E-state index in [0.717, 1.165) is 26.2 Å². The van der Waals surface area contributed by atoms with Crippen molar-refractivity contribution in [2.75, 3.05) is 6.54 Å². The minimum Gasteiger partial charge on any atom is -0.353 e. The summed E-state index contributed by atoms with van der Waals surface area (Å²) in [7, 11) is 2.13. The molecular weight excluding hydrogens is 236 g/mol. The van der Waals surface area contributed by atoms with Crippen LogP contribution in [0.25, 0.3) is 0 Å². The highest BCUT2D eigenvalue weighted by Gasteiger charge is 2.26. The minimum absolute atomic E-state index is 1.05. The third kappa shape index (κ3) is 1.82. The van der Waals surface area contributed by atoms with E-state index in [-0.39, 0.29) is 0 Å². The lowest BCUT2D eigenvalue weighted by Crippen LogP contribution is -2.34. The Morgan fingerprint density at radius 3 is 3.05 bits per heavy atom. The van der Waals surface area contributed by atoms with Crippen molar-refractivity contribution in [3.8, 4) is 0 Å². The van der Waals surface area contributed by atoms with Crippen LogP contribution in [0.5, 0.6) is 0 Å². The minimum atomic E-state index is 1.05. The molecule has 0 N–H and O–H groups in total. The second kappa shape index (κ2) is 4.23. The zero-order valence-corrected chi connectivity index (χ0v) is 11.5. The fourth-order valence-corrected chi connectivity index (χ4v) is 3.42. The average molecular weight is 256 g/mol. The molecule has 0 radical (unpaired) electrons. The highest BCUT2D eigenvalue weighted by molar-refractivity contribution is 5.31. The normalized spacial score (nSPS) is 18.6. The fraction of sp³-hybridized carbons (Fsp3) is 0.533. The van der Waals surface area contributed by atoms with E-state index in [0.29, 0.717) is 0 Å². The molecule has 0 saturated heterocycles. The van der Waals surface area contributed by atoms with Crippen LogP contribution in [-0.2, 0) is 39.5 Å². The van der Waals surface area contributed by atoms with E-state index in [1.807, 2.05) is 0 Å². The highest BCUT2D eigenvalue weighted by atomic mass is 15.3. The Hall–Kier alpha value is -1.55. The topological polar surface area (TPSA) is 26.0 Å². The SMILES string of the molecule is Cn1cccc1CN1CCn2nc3c(c2C1)CCC3. The van der Waals surface area contributed by atoms with Gasteiger partial charge in [0.05, 0.1) is 17.9 Å². The van der Waals surface area contributed by atoms with Crippen molar-refractivity contribution < 1.29 is 0 Å². The summed E-state index contributed by atoms with van der Waals surface area (Å²) in [5.74, 6) is 0. The van der Waals surface area contributed by atoms with E-state index in [2.05, 4.69) is 39.5 Å². The van der Waals surface area contributed by atoms with Gasteiger partial charge < -0.3 is 4.57 Å². The maximum atomic E-state index is 4.77. The summed E-state index contributed by atoms with van der Waals surface area (Å²) < 4.78 is 4.47. The van der Waals surface area contributed by atoms with Crippen LogP contribution in [0.4, 0.5) is 0 Å². The zero-order valence-electron chi connectivity index (χ0n) is 11.5. The van der Waals surface area contributed by atoms with E-state index in [4.69, 9.17) is 5.10 Å². The van der Waals surface area contributed by atoms with Crippen LogP contribution in [-0.4, -0.2) is 25.8 Å². The van der Waals surface area contributed by atoms with Crippen molar-refractivity contribution >= 4 is 0 Å². The predicted molar refractivity (Wildman–Crippen MR) is 73.8 cm³/mol. The van der Waals surface area contributed by atoms with Crippen molar-refractivity contribution in [2.24, 2.45) is 7.05 Å². The van der Waals surface area contributed by atoms with Crippen LogP contribution in [0.3, 0.4) is 0 Å². The lowest BCUT2D eigenvalue weighted by molar-refractivity contribution is 0.200. The molecule has 0 bridgehead atoms. The third-order valence-electron chi connectivity index (χ3n) is 4.53. The molecule has 4 nitrogen and oxygen atoms in total. The Kier molecular flexibility index (Phi) is 2.52. The van der Waals surface area contributed by atoms with E-state index in [9.17, 15) is 0 Å². The molecule has 100 valence electrons. The molecule has 4 rings (SSSR count). The summed E-state index contributed by atoms with van der Waals surface area (Å²) in [5, 5.41) is 4.77. The second-order valence-electron chi connectivity index (χ2n) is 5.77. The van der Waals surface area contributed by atoms with Gasteiger partial charge in [-0.25, -0.2) is 0 Å². The van der Waals surface area contributed by atoms with Gasteiger partial charge in [0.2, 0.25) is 0 Å². The van der Waals surface area contributed by atoms with Gasteiger partial charge in [-0.15, -0.1) is 0 Å². The number of hydrogen-bond acceptors (Lipinski definition) is 2. The maximum absolute atomic E-state index is 4.77. The first-order valence-corrected chi connectivity index (χ1v) is 7.21. The number of rotatable bonds is 2. The van der Waals surface area contributed by atoms with Crippen molar-refractivity contribution in [2.45, 2.75) is 38.9 Å². The first kappa shape index (κ1) is 11.3. The number of hydrogen-bond donors (Lipinski definition) is 0. The standard InChI is InChI=1S/C15H20N4/c1-17-7-3-4-12(17)10-18-8-9-19-15(11-18)13-5-2-6-14(13)16-19/h3-4,7H,2,5-6,8-11H2,1H3. The molecular formula is C15H20N4. The van der Waals surface area contributed by atoms with Crippen LogP contribution in [0, 0.1) is 0 Å². The van der Waals surface area contributed by atoms with Crippen molar-refractivity contribution in [1.82, 2.24) is 19.2 Å². The summed E-state index contributed by atoms with van der Waals surface area (Å²) in [6, 6.07) is 4.34. The Morgan fingerprint density at radius 1 is 1.26 bits per heavy atom. The van der Waals surface area contributed by atoms with Crippen LogP contribution in [0.1, 0.15) is 29.1 Å². The summed E-state index contributed by atoms with van der Waals surface area (Å²) in [5.41, 5.74) is 5.80. The van der Waals surface area contributed by atoms with Gasteiger partial charge in [-0.05, 0) is 37.0 Å². The molecule has 2 aromatic rings. The molecule has 0 spiro atoms. The second-order valence-corrected chi connectivity index (χ2v) is 5.77. The molecule has 19 heavy (non-hydrogen) atoms. The van der Waals surface area contributed by atoms with Gasteiger partial charge in [-0.1, -0.05) is 0 Å². The molecule has 0 amide bonds. The Labute approximate surface area is 113 Å². The average Bonchev–Trinajstić information content (AvgIpc) is 3.07. The van der Waals surface area contributed by atoms with Crippen molar-refractivity contribution in [3.63, 3.8) is 0 Å². The van der Waals surface area contributed by atoms with Gasteiger partial charge in [0.1, 0.15) is 0 Å². The highest BCUT2D eigenvalue weighted by Crippen LogP contribution is 2.28. The molecule has 0 fully saturated rings. The van der Waals surface area contributed by atoms with Gasteiger partial charge in [-0.2, -0.15) is 5.10 Å². The van der Waals surface area contributed by atoms with Gasteiger partial charge in [0, 0.05) is 38.6 Å². The molecule has 0 aromatic carbocycles. The Bertz CT molecular complexity index is 608. The molecule has 0 saturated carbocycles. The monoisotopic (exact) mass is 256 g/mol. The molecule has 0 atom stereocenters. The van der Waals surface area contributed by atoms with E-state index >= 15 is 0 Å². The first-order chi connectivity index (χ1) is 9.31. The summed E-state index contributed by atoms with van der Waals surface area (Å²) in [6.07, 6.45) is 5.85. The number of nitrogens with zero attached hydrogens (tertiary/aromatic N) is 4. The molecule has 3 heterocycles. The largest absolute Gasteiger partial charge is 0.353 e. The third-order valence-corrected chi connectivity index (χ3v) is 4.53. The van der Waals surface area contributed by atoms with Gasteiger partial charge in [0.25, 0.3) is 0 Å². The fourth-order valence-electron chi connectivity index (χ4n) is 3.42. The predicted octanol–water partition coefficient (Wildman–Crippen LogP) is 1.73. The molecule has 2 aromatic heterocycles. The lowest BCUT2D eigenvalue weighted by Gasteiger charge is -2.28. The van der Waals surface area contributed by atoms with Crippen LogP contribution >= 0.6 is 0 Å². The molecule has 1 aliphatic carbocycles. The van der Waals surface area contributed by atoms with Crippen molar-refractivity contribution in [1.29, 1.82) is 0 Å². The quantitative estimate of drug-likeness (QED) is 0.818. The number of aryl methyl sites for hydroxylation is 2. The summed E-state index contributed by atoms with van der Waals surface area (Å²) in [4.78, 5) is 2.55. The number of aromatic nitrogens is 3. The Balaban J connectivity index is 1.57. The van der Waals surface area contributed by atoms with Gasteiger partial charge in [0.15, 0.2) is 0 Å². The summed E-state index contributed by atoms with van der Waals surface area (Å²) in [6.45, 7) is 4.27. The zero-order chi connectivity index (χ0) is 12.8. The van der Waals surface area contributed by atoms with Gasteiger partial charge in [-0.3, -0.25) is 9.58 Å². The van der Waals surface area contributed by atoms with E-state index in [1.54, 1.807) is 5.56 Å². The van der Waals surface area contributed by atoms with Crippen molar-refractivity contribution in [3.05, 3.63) is 41.0 Å². The number of fused-ring (bicyclic) bond motifs is 3. The molecule has 2 aliphatic rings. The molecule has 1 aliphatic heterocycles. The maximum Gasteiger partial charge on any atom is 0.0660 e. The van der Waals surface area contributed by atoms with Crippen LogP contribution < -0.4 is 0 Å². The first-order valence-electron chi connectivity index (χ1n) is 7.21. The van der Waals surface area contributed by atoms with E-state index in [1.165, 1.54) is 36.3 Å². The summed E-state index contributed by atoms with van der Waals surface area (Å²) >= 11 is 0. The van der Waals surface area contributed by atoms with Crippen LogP contribution in [0.2, 0.25) is 0 Å². The molecule has 0 unspecified atom stereocenters. The molecule has 4 heteroatoms. The lowest BCUT2D eigenvalue weighted by atomic mass is 10.1. The smallest absolute Gasteiger partial charge is 0.0660 e.